The van der Waals surface area contributed by atoms with Gasteiger partial charge in [-0.25, -0.2) is 9.59 Å². The minimum absolute atomic E-state index is 0.381. The van der Waals surface area contributed by atoms with Gasteiger partial charge in [-0.05, 0) is 12.1 Å². The third kappa shape index (κ3) is 4.67. The highest BCUT2D eigenvalue weighted by molar-refractivity contribution is 7.99. The lowest BCUT2D eigenvalue weighted by Crippen LogP contribution is -2.43. The molecule has 1 atom stereocenters. The predicted molar refractivity (Wildman–Crippen MR) is 68.5 cm³/mol. The van der Waals surface area contributed by atoms with E-state index in [1.54, 1.807) is 0 Å². The third-order valence-corrected chi connectivity index (χ3v) is 3.23. The van der Waals surface area contributed by atoms with E-state index in [1.165, 1.54) is 26.0 Å². The summed E-state index contributed by atoms with van der Waals surface area (Å²) in [5.41, 5.74) is 0. The lowest BCUT2D eigenvalue weighted by atomic mass is 10.3. The van der Waals surface area contributed by atoms with Crippen molar-refractivity contribution in [2.24, 2.45) is 0 Å². The first-order valence-electron chi connectivity index (χ1n) is 5.27. The van der Waals surface area contributed by atoms with E-state index >= 15 is 0 Å². The van der Waals surface area contributed by atoms with E-state index in [1.807, 2.05) is 30.3 Å². The molecule has 0 spiro atoms. The first kappa shape index (κ1) is 14.4. The van der Waals surface area contributed by atoms with Crippen molar-refractivity contribution in [3.05, 3.63) is 30.3 Å². The van der Waals surface area contributed by atoms with Crippen molar-refractivity contribution < 1.29 is 19.1 Å². The lowest BCUT2D eigenvalue weighted by Gasteiger charge is -2.15. The second-order valence-electron chi connectivity index (χ2n) is 3.34. The quantitative estimate of drug-likeness (QED) is 0.650. The molecule has 18 heavy (non-hydrogen) atoms. The van der Waals surface area contributed by atoms with Crippen molar-refractivity contribution in [1.29, 1.82) is 0 Å². The largest absolute Gasteiger partial charge is 0.467 e. The summed E-state index contributed by atoms with van der Waals surface area (Å²) < 4.78 is 9.08. The van der Waals surface area contributed by atoms with Gasteiger partial charge in [0.1, 0.15) is 6.04 Å². The van der Waals surface area contributed by atoms with Crippen LogP contribution in [-0.2, 0) is 14.3 Å². The van der Waals surface area contributed by atoms with Gasteiger partial charge < -0.3 is 14.8 Å². The average Bonchev–Trinajstić information content (AvgIpc) is 2.43. The van der Waals surface area contributed by atoms with Gasteiger partial charge in [0.25, 0.3) is 0 Å². The number of esters is 1. The molecule has 0 bridgehead atoms. The van der Waals surface area contributed by atoms with Crippen LogP contribution < -0.4 is 5.32 Å². The molecule has 98 valence electrons. The van der Waals surface area contributed by atoms with E-state index in [4.69, 9.17) is 0 Å². The Morgan fingerprint density at radius 1 is 1.22 bits per heavy atom. The number of benzene rings is 1. The summed E-state index contributed by atoms with van der Waals surface area (Å²) in [4.78, 5) is 23.6. The fraction of sp³-hybridized carbons (Fsp3) is 0.333. The maximum Gasteiger partial charge on any atom is 0.407 e. The zero-order valence-corrected chi connectivity index (χ0v) is 11.0. The number of carbonyl (C=O) groups excluding carboxylic acids is 2. The maximum absolute atomic E-state index is 11.5. The molecule has 1 N–H and O–H groups in total. The van der Waals surface area contributed by atoms with E-state index in [0.717, 1.165) is 4.90 Å². The van der Waals surface area contributed by atoms with Gasteiger partial charge in [0.15, 0.2) is 0 Å². The predicted octanol–water partition coefficient (Wildman–Crippen LogP) is 1.68. The van der Waals surface area contributed by atoms with Gasteiger partial charge in [-0.3, -0.25) is 0 Å². The highest BCUT2D eigenvalue weighted by atomic mass is 32.2. The first-order chi connectivity index (χ1) is 8.67. The van der Waals surface area contributed by atoms with Gasteiger partial charge >= 0.3 is 12.1 Å². The third-order valence-electron chi connectivity index (χ3n) is 2.12. The summed E-state index contributed by atoms with van der Waals surface area (Å²) in [5, 5.41) is 2.43. The highest BCUT2D eigenvalue weighted by Gasteiger charge is 2.21. The number of thioether (sulfide) groups is 1. The fourth-order valence-electron chi connectivity index (χ4n) is 1.21. The van der Waals surface area contributed by atoms with Crippen LogP contribution in [0.3, 0.4) is 0 Å². The Morgan fingerprint density at radius 3 is 2.44 bits per heavy atom. The van der Waals surface area contributed by atoms with Crippen molar-refractivity contribution in [2.75, 3.05) is 20.0 Å². The molecule has 0 heterocycles. The number of amides is 1. The van der Waals surface area contributed by atoms with Crippen LogP contribution in [0.4, 0.5) is 4.79 Å². The smallest absolute Gasteiger partial charge is 0.407 e. The molecule has 0 aromatic heterocycles. The van der Waals surface area contributed by atoms with Gasteiger partial charge in [-0.15, -0.1) is 11.8 Å². The Labute approximate surface area is 110 Å². The Balaban J connectivity index is 2.56. The standard InChI is InChI=1S/C12H15NO4S/c1-16-11(14)10(13-12(15)17-2)8-18-9-6-4-3-5-7-9/h3-7,10H,8H2,1-2H3,(H,13,15). The normalized spacial score (nSPS) is 11.4. The van der Waals surface area contributed by atoms with E-state index in [-0.39, 0.29) is 0 Å². The minimum Gasteiger partial charge on any atom is -0.467 e. The zero-order chi connectivity index (χ0) is 13.4. The number of alkyl carbamates (subject to hydrolysis) is 1. The van der Waals surface area contributed by atoms with Crippen LogP contribution in [0.1, 0.15) is 0 Å². The molecule has 1 aromatic rings. The van der Waals surface area contributed by atoms with Crippen molar-refractivity contribution in [2.45, 2.75) is 10.9 Å². The second kappa shape index (κ2) is 7.60. The Kier molecular flexibility index (Phi) is 6.07. The lowest BCUT2D eigenvalue weighted by molar-refractivity contribution is -0.142. The minimum atomic E-state index is -0.729. The number of ether oxygens (including phenoxy) is 2. The summed E-state index contributed by atoms with van der Waals surface area (Å²) in [6.07, 6.45) is -0.654. The number of nitrogens with one attached hydrogen (secondary N) is 1. The fourth-order valence-corrected chi connectivity index (χ4v) is 2.14. The Morgan fingerprint density at radius 2 is 1.89 bits per heavy atom. The molecule has 5 nitrogen and oxygen atoms in total. The molecule has 0 fully saturated rings. The molecule has 0 aliphatic rings. The summed E-state index contributed by atoms with van der Waals surface area (Å²) in [7, 11) is 2.52. The van der Waals surface area contributed by atoms with E-state index in [2.05, 4.69) is 14.8 Å². The summed E-state index contributed by atoms with van der Waals surface area (Å²) in [5.74, 6) is -0.116. The van der Waals surface area contributed by atoms with Crippen LogP contribution >= 0.6 is 11.8 Å². The van der Waals surface area contributed by atoms with Gasteiger partial charge in [-0.1, -0.05) is 18.2 Å². The van der Waals surface area contributed by atoms with Crippen LogP contribution in [0.25, 0.3) is 0 Å². The van der Waals surface area contributed by atoms with Crippen molar-refractivity contribution in [3.63, 3.8) is 0 Å². The SMILES string of the molecule is COC(=O)NC(CSc1ccccc1)C(=O)OC. The highest BCUT2D eigenvalue weighted by Crippen LogP contribution is 2.18. The topological polar surface area (TPSA) is 64.6 Å². The van der Waals surface area contributed by atoms with Crippen LogP contribution in [-0.4, -0.2) is 38.1 Å². The van der Waals surface area contributed by atoms with Crippen LogP contribution in [0.5, 0.6) is 0 Å². The summed E-state index contributed by atoms with van der Waals surface area (Å²) in [6.45, 7) is 0. The van der Waals surface area contributed by atoms with Crippen LogP contribution in [0.2, 0.25) is 0 Å². The molecule has 1 amide bonds. The summed E-state index contributed by atoms with van der Waals surface area (Å²) >= 11 is 1.45. The molecule has 1 aromatic carbocycles. The molecular formula is C12H15NO4S. The van der Waals surface area contributed by atoms with Crippen LogP contribution in [0.15, 0.2) is 35.2 Å². The van der Waals surface area contributed by atoms with Gasteiger partial charge in [0.05, 0.1) is 14.2 Å². The van der Waals surface area contributed by atoms with E-state index in [9.17, 15) is 9.59 Å². The molecule has 6 heteroatoms. The molecule has 0 saturated carbocycles. The monoisotopic (exact) mass is 269 g/mol. The number of carbonyl (C=O) groups is 2. The molecule has 0 aliphatic heterocycles. The number of hydrogen-bond acceptors (Lipinski definition) is 5. The van der Waals surface area contributed by atoms with Gasteiger partial charge in [0.2, 0.25) is 0 Å². The Hall–Kier alpha value is -1.69. The molecule has 1 rings (SSSR count). The molecule has 0 radical (unpaired) electrons. The van der Waals surface area contributed by atoms with E-state index in [0.29, 0.717) is 5.75 Å². The average molecular weight is 269 g/mol. The molecule has 1 unspecified atom stereocenters. The molecule has 0 aliphatic carbocycles. The van der Waals surface area contributed by atoms with E-state index < -0.39 is 18.1 Å². The Bertz CT molecular complexity index is 396. The van der Waals surface area contributed by atoms with Crippen LogP contribution in [0, 0.1) is 0 Å². The number of hydrogen-bond donors (Lipinski definition) is 1. The van der Waals surface area contributed by atoms with Gasteiger partial charge in [0, 0.05) is 10.6 Å². The molecular weight excluding hydrogens is 254 g/mol. The van der Waals surface area contributed by atoms with Crippen molar-refractivity contribution >= 4 is 23.8 Å². The van der Waals surface area contributed by atoms with Crippen molar-refractivity contribution in [3.8, 4) is 0 Å². The summed E-state index contributed by atoms with van der Waals surface area (Å²) in [6, 6.07) is 8.85. The van der Waals surface area contributed by atoms with Gasteiger partial charge in [-0.2, -0.15) is 0 Å². The zero-order valence-electron chi connectivity index (χ0n) is 10.2. The number of rotatable bonds is 5. The van der Waals surface area contributed by atoms with Crippen molar-refractivity contribution in [1.82, 2.24) is 5.32 Å². The number of methoxy groups -OCH3 is 2. The first-order valence-corrected chi connectivity index (χ1v) is 6.26. The molecule has 0 saturated heterocycles. The maximum atomic E-state index is 11.5. The second-order valence-corrected chi connectivity index (χ2v) is 4.43.